The molecule has 4 nitrogen and oxygen atoms in total. The van der Waals surface area contributed by atoms with E-state index < -0.39 is 0 Å². The van der Waals surface area contributed by atoms with E-state index in [0.717, 1.165) is 12.2 Å². The van der Waals surface area contributed by atoms with Crippen molar-refractivity contribution in [3.05, 3.63) is 24.3 Å². The lowest BCUT2D eigenvalue weighted by Crippen LogP contribution is -2.35. The van der Waals surface area contributed by atoms with Crippen LogP contribution in [-0.2, 0) is 0 Å². The molecule has 1 fully saturated rings. The number of benzene rings is 1. The Morgan fingerprint density at radius 3 is 2.56 bits per heavy atom. The van der Waals surface area contributed by atoms with Gasteiger partial charge in [0.25, 0.3) is 0 Å². The van der Waals surface area contributed by atoms with Crippen LogP contribution in [0.5, 0.6) is 0 Å². The number of nitrogens with two attached hydrogens (primary N) is 1. The first kappa shape index (κ1) is 10.8. The minimum atomic E-state index is -0.142. The van der Waals surface area contributed by atoms with Gasteiger partial charge in [-0.2, -0.15) is 0 Å². The van der Waals surface area contributed by atoms with Crippen LogP contribution in [0.3, 0.4) is 0 Å². The van der Waals surface area contributed by atoms with Crippen LogP contribution < -0.4 is 16.4 Å². The van der Waals surface area contributed by atoms with Gasteiger partial charge in [0.15, 0.2) is 0 Å². The van der Waals surface area contributed by atoms with E-state index >= 15 is 0 Å². The Morgan fingerprint density at radius 1 is 1.31 bits per heavy atom. The molecule has 1 saturated carbocycles. The van der Waals surface area contributed by atoms with Crippen LogP contribution in [-0.4, -0.2) is 12.6 Å². The first-order chi connectivity index (χ1) is 7.74. The van der Waals surface area contributed by atoms with Crippen molar-refractivity contribution in [3.63, 3.8) is 0 Å². The molecule has 0 heterocycles. The zero-order valence-electron chi connectivity index (χ0n) is 9.20. The van der Waals surface area contributed by atoms with Crippen molar-refractivity contribution in [2.24, 2.45) is 5.92 Å². The van der Waals surface area contributed by atoms with Crippen molar-refractivity contribution in [2.75, 3.05) is 17.6 Å². The molecule has 1 aromatic rings. The molecule has 0 saturated heterocycles. The fraction of sp³-hybridized carbons (Fsp3) is 0.417. The Morgan fingerprint density at radius 2 is 2.00 bits per heavy atom. The van der Waals surface area contributed by atoms with Gasteiger partial charge in [0, 0.05) is 17.9 Å². The standard InChI is InChI=1S/C12H17N3O/c13-10-4-6-11(7-5-10)15-12(16)14-8-9-2-1-3-9/h4-7,9H,1-3,8,13H2,(H2,14,15,16). The maximum absolute atomic E-state index is 11.5. The summed E-state index contributed by atoms with van der Waals surface area (Å²) in [5.74, 6) is 0.678. The largest absolute Gasteiger partial charge is 0.399 e. The van der Waals surface area contributed by atoms with Gasteiger partial charge in [-0.05, 0) is 43.0 Å². The number of urea groups is 1. The highest BCUT2D eigenvalue weighted by atomic mass is 16.2. The van der Waals surface area contributed by atoms with Gasteiger partial charge in [0.2, 0.25) is 0 Å². The van der Waals surface area contributed by atoms with E-state index in [1.807, 2.05) is 0 Å². The summed E-state index contributed by atoms with van der Waals surface area (Å²) in [7, 11) is 0. The van der Waals surface area contributed by atoms with Crippen molar-refractivity contribution >= 4 is 17.4 Å². The van der Waals surface area contributed by atoms with Crippen LogP contribution >= 0.6 is 0 Å². The van der Waals surface area contributed by atoms with Crippen molar-refractivity contribution < 1.29 is 4.79 Å². The number of rotatable bonds is 3. The molecule has 0 aliphatic heterocycles. The van der Waals surface area contributed by atoms with E-state index in [0.29, 0.717) is 11.6 Å². The second kappa shape index (κ2) is 4.88. The van der Waals surface area contributed by atoms with Gasteiger partial charge in [-0.3, -0.25) is 0 Å². The molecule has 1 aliphatic carbocycles. The van der Waals surface area contributed by atoms with Crippen LogP contribution in [0.2, 0.25) is 0 Å². The van der Waals surface area contributed by atoms with Gasteiger partial charge in [0.1, 0.15) is 0 Å². The van der Waals surface area contributed by atoms with Crippen LogP contribution in [0.1, 0.15) is 19.3 Å². The highest BCUT2D eigenvalue weighted by Gasteiger charge is 2.17. The van der Waals surface area contributed by atoms with Crippen molar-refractivity contribution in [1.29, 1.82) is 0 Å². The molecular weight excluding hydrogens is 202 g/mol. The van der Waals surface area contributed by atoms with Crippen molar-refractivity contribution in [1.82, 2.24) is 5.32 Å². The lowest BCUT2D eigenvalue weighted by Gasteiger charge is -2.25. The maximum Gasteiger partial charge on any atom is 0.319 e. The minimum absolute atomic E-state index is 0.142. The Hall–Kier alpha value is -1.71. The normalized spacial score (nSPS) is 15.2. The minimum Gasteiger partial charge on any atom is -0.399 e. The lowest BCUT2D eigenvalue weighted by atomic mass is 9.85. The fourth-order valence-corrected chi connectivity index (χ4v) is 1.68. The topological polar surface area (TPSA) is 67.1 Å². The predicted octanol–water partition coefficient (Wildman–Crippen LogP) is 2.19. The molecule has 2 rings (SSSR count). The number of amides is 2. The quantitative estimate of drug-likeness (QED) is 0.682. The first-order valence-electron chi connectivity index (χ1n) is 5.64. The molecule has 16 heavy (non-hydrogen) atoms. The summed E-state index contributed by atoms with van der Waals surface area (Å²) >= 11 is 0. The molecule has 0 atom stereocenters. The fourth-order valence-electron chi connectivity index (χ4n) is 1.68. The monoisotopic (exact) mass is 219 g/mol. The highest BCUT2D eigenvalue weighted by molar-refractivity contribution is 5.89. The van der Waals surface area contributed by atoms with Gasteiger partial charge in [-0.15, -0.1) is 0 Å². The molecule has 4 heteroatoms. The zero-order valence-corrected chi connectivity index (χ0v) is 9.20. The third-order valence-electron chi connectivity index (χ3n) is 2.94. The molecule has 1 aromatic carbocycles. The number of hydrogen-bond donors (Lipinski definition) is 3. The third-order valence-corrected chi connectivity index (χ3v) is 2.94. The second-order valence-corrected chi connectivity index (χ2v) is 4.25. The molecule has 2 amide bonds. The maximum atomic E-state index is 11.5. The van der Waals surface area contributed by atoms with Crippen molar-refractivity contribution in [2.45, 2.75) is 19.3 Å². The summed E-state index contributed by atoms with van der Waals surface area (Å²) in [6, 6.07) is 6.97. The molecule has 0 radical (unpaired) electrons. The zero-order chi connectivity index (χ0) is 11.4. The number of hydrogen-bond acceptors (Lipinski definition) is 2. The lowest BCUT2D eigenvalue weighted by molar-refractivity contribution is 0.243. The number of anilines is 2. The van der Waals surface area contributed by atoms with E-state index in [4.69, 9.17) is 5.73 Å². The van der Waals surface area contributed by atoms with E-state index in [1.54, 1.807) is 24.3 Å². The Balaban J connectivity index is 1.75. The number of carbonyl (C=O) groups excluding carboxylic acids is 1. The molecule has 0 spiro atoms. The van der Waals surface area contributed by atoms with E-state index in [9.17, 15) is 4.79 Å². The summed E-state index contributed by atoms with van der Waals surface area (Å²) in [6.07, 6.45) is 3.77. The first-order valence-corrected chi connectivity index (χ1v) is 5.64. The van der Waals surface area contributed by atoms with Gasteiger partial charge >= 0.3 is 6.03 Å². The highest BCUT2D eigenvalue weighted by Crippen LogP contribution is 2.25. The number of carbonyl (C=O) groups is 1. The van der Waals surface area contributed by atoms with Crippen molar-refractivity contribution in [3.8, 4) is 0 Å². The smallest absolute Gasteiger partial charge is 0.319 e. The number of nitrogen functional groups attached to an aromatic ring is 1. The molecule has 0 bridgehead atoms. The van der Waals surface area contributed by atoms with Gasteiger partial charge in [-0.25, -0.2) is 4.79 Å². The van der Waals surface area contributed by atoms with Crippen LogP contribution in [0.4, 0.5) is 16.2 Å². The Bertz CT molecular complexity index is 357. The number of nitrogens with one attached hydrogen (secondary N) is 2. The molecule has 1 aliphatic rings. The average molecular weight is 219 g/mol. The molecule has 4 N–H and O–H groups in total. The van der Waals surface area contributed by atoms with Gasteiger partial charge in [-0.1, -0.05) is 6.42 Å². The second-order valence-electron chi connectivity index (χ2n) is 4.25. The SMILES string of the molecule is Nc1ccc(NC(=O)NCC2CCC2)cc1. The van der Waals surface area contributed by atoms with Gasteiger partial charge in [0.05, 0.1) is 0 Å². The molecule has 0 aromatic heterocycles. The van der Waals surface area contributed by atoms with Crippen LogP contribution in [0.25, 0.3) is 0 Å². The summed E-state index contributed by atoms with van der Waals surface area (Å²) in [5.41, 5.74) is 7.01. The predicted molar refractivity (Wildman–Crippen MR) is 65.2 cm³/mol. The Kier molecular flexibility index (Phi) is 3.29. The average Bonchev–Trinajstić information content (AvgIpc) is 2.19. The van der Waals surface area contributed by atoms with E-state index in [-0.39, 0.29) is 6.03 Å². The molecular formula is C12H17N3O. The van der Waals surface area contributed by atoms with Gasteiger partial charge < -0.3 is 16.4 Å². The van der Waals surface area contributed by atoms with Crippen LogP contribution in [0.15, 0.2) is 24.3 Å². The summed E-state index contributed by atoms with van der Waals surface area (Å²) in [6.45, 7) is 0.779. The van der Waals surface area contributed by atoms with Crippen LogP contribution in [0, 0.1) is 5.92 Å². The summed E-state index contributed by atoms with van der Waals surface area (Å²) < 4.78 is 0. The Labute approximate surface area is 95.2 Å². The van der Waals surface area contributed by atoms with E-state index in [2.05, 4.69) is 10.6 Å². The summed E-state index contributed by atoms with van der Waals surface area (Å²) in [5, 5.41) is 5.63. The summed E-state index contributed by atoms with van der Waals surface area (Å²) in [4.78, 5) is 11.5. The van der Waals surface area contributed by atoms with E-state index in [1.165, 1.54) is 19.3 Å². The molecule has 0 unspecified atom stereocenters. The molecule has 86 valence electrons. The third kappa shape index (κ3) is 2.89.